The lowest BCUT2D eigenvalue weighted by atomic mass is 9.85. The van der Waals surface area contributed by atoms with E-state index in [-0.39, 0.29) is 18.5 Å². The van der Waals surface area contributed by atoms with Gasteiger partial charge in [-0.25, -0.2) is 4.79 Å². The van der Waals surface area contributed by atoms with Crippen molar-refractivity contribution in [2.24, 2.45) is 5.92 Å². The van der Waals surface area contributed by atoms with Gasteiger partial charge in [-0.3, -0.25) is 19.6 Å². The second-order valence-corrected chi connectivity index (χ2v) is 8.39. The van der Waals surface area contributed by atoms with Crippen molar-refractivity contribution in [3.05, 3.63) is 54.2 Å². The van der Waals surface area contributed by atoms with Crippen LogP contribution < -0.4 is 0 Å². The standard InChI is InChI=1S/C22H28N4O3/c1-17(2)14-26-21(28)25(15-18-6-3-4-10-23-18)20(27)22(26)8-11-24(12-9-22)16-19-7-5-13-29-19/h3-7,10,13,17H,8-9,11-12,14-16H2,1-2H3. The Bertz CT molecular complexity index is 842. The lowest BCUT2D eigenvalue weighted by molar-refractivity contribution is -0.136. The van der Waals surface area contributed by atoms with Crippen LogP contribution in [0.3, 0.4) is 0 Å². The van der Waals surface area contributed by atoms with E-state index in [0.717, 1.165) is 31.1 Å². The molecule has 0 unspecified atom stereocenters. The van der Waals surface area contributed by atoms with Gasteiger partial charge in [0.1, 0.15) is 11.3 Å². The van der Waals surface area contributed by atoms with Crippen LogP contribution in [0.25, 0.3) is 0 Å². The summed E-state index contributed by atoms with van der Waals surface area (Å²) in [6.45, 7) is 7.22. The molecule has 0 aromatic carbocycles. The molecule has 7 heteroatoms. The van der Waals surface area contributed by atoms with Crippen molar-refractivity contribution in [1.29, 1.82) is 0 Å². The SMILES string of the molecule is CC(C)CN1C(=O)N(Cc2ccccn2)C(=O)C12CCN(Cc1ccco1)CC2. The minimum absolute atomic E-state index is 0.0774. The van der Waals surface area contributed by atoms with Gasteiger partial charge >= 0.3 is 6.03 Å². The molecule has 0 N–H and O–H groups in total. The summed E-state index contributed by atoms with van der Waals surface area (Å²) >= 11 is 0. The fourth-order valence-corrected chi connectivity index (χ4v) is 4.38. The summed E-state index contributed by atoms with van der Waals surface area (Å²) in [4.78, 5) is 36.6. The number of furan rings is 1. The summed E-state index contributed by atoms with van der Waals surface area (Å²) in [5.41, 5.74) is -0.0125. The Kier molecular flexibility index (Phi) is 5.41. The largest absolute Gasteiger partial charge is 0.468 e. The molecule has 3 amide bonds. The van der Waals surface area contributed by atoms with E-state index in [1.807, 2.05) is 35.2 Å². The Morgan fingerprint density at radius 3 is 2.52 bits per heavy atom. The summed E-state index contributed by atoms with van der Waals surface area (Å²) in [6.07, 6.45) is 4.66. The van der Waals surface area contributed by atoms with Crippen LogP contribution in [0.15, 0.2) is 47.2 Å². The van der Waals surface area contributed by atoms with Crippen molar-refractivity contribution in [2.45, 2.75) is 45.3 Å². The van der Waals surface area contributed by atoms with Gasteiger partial charge in [0.2, 0.25) is 0 Å². The number of aromatic nitrogens is 1. The van der Waals surface area contributed by atoms with Crippen molar-refractivity contribution >= 4 is 11.9 Å². The summed E-state index contributed by atoms with van der Waals surface area (Å²) < 4.78 is 5.46. The summed E-state index contributed by atoms with van der Waals surface area (Å²) in [7, 11) is 0. The van der Waals surface area contributed by atoms with Gasteiger partial charge in [0, 0.05) is 25.8 Å². The number of piperidine rings is 1. The number of urea groups is 1. The fraction of sp³-hybridized carbons (Fsp3) is 0.500. The number of hydrogen-bond acceptors (Lipinski definition) is 5. The first-order valence-electron chi connectivity index (χ1n) is 10.3. The molecule has 2 aromatic rings. The predicted molar refractivity (Wildman–Crippen MR) is 108 cm³/mol. The van der Waals surface area contributed by atoms with Gasteiger partial charge in [-0.1, -0.05) is 19.9 Å². The molecule has 0 bridgehead atoms. The molecule has 0 atom stereocenters. The third kappa shape index (κ3) is 3.79. The van der Waals surface area contributed by atoms with Crippen LogP contribution in [0, 0.1) is 5.92 Å². The molecule has 2 fully saturated rings. The van der Waals surface area contributed by atoms with E-state index in [2.05, 4.69) is 23.7 Å². The predicted octanol–water partition coefficient (Wildman–Crippen LogP) is 3.13. The highest BCUT2D eigenvalue weighted by Gasteiger charge is 2.57. The number of carbonyl (C=O) groups is 2. The first-order valence-corrected chi connectivity index (χ1v) is 10.3. The number of rotatable bonds is 6. The van der Waals surface area contributed by atoms with Crippen molar-refractivity contribution < 1.29 is 14.0 Å². The molecule has 0 aliphatic carbocycles. The van der Waals surface area contributed by atoms with Gasteiger partial charge in [0.05, 0.1) is 25.0 Å². The van der Waals surface area contributed by atoms with Crippen LogP contribution in [-0.4, -0.2) is 56.8 Å². The van der Waals surface area contributed by atoms with Gasteiger partial charge < -0.3 is 9.32 Å². The lowest BCUT2D eigenvalue weighted by Gasteiger charge is -2.42. The van der Waals surface area contributed by atoms with E-state index >= 15 is 0 Å². The maximum absolute atomic E-state index is 13.5. The molecule has 1 spiro atoms. The molecule has 2 saturated heterocycles. The van der Waals surface area contributed by atoms with Crippen molar-refractivity contribution in [1.82, 2.24) is 19.7 Å². The van der Waals surface area contributed by atoms with E-state index in [4.69, 9.17) is 4.42 Å². The van der Waals surface area contributed by atoms with E-state index in [0.29, 0.717) is 25.3 Å². The Balaban J connectivity index is 1.53. The molecule has 154 valence electrons. The number of imide groups is 1. The van der Waals surface area contributed by atoms with Gasteiger partial charge in [-0.2, -0.15) is 0 Å². The topological polar surface area (TPSA) is 69.9 Å². The lowest BCUT2D eigenvalue weighted by Crippen LogP contribution is -2.57. The van der Waals surface area contributed by atoms with E-state index < -0.39 is 5.54 Å². The molecule has 0 radical (unpaired) electrons. The van der Waals surface area contributed by atoms with E-state index in [9.17, 15) is 9.59 Å². The maximum atomic E-state index is 13.5. The first-order chi connectivity index (χ1) is 14.0. The van der Waals surface area contributed by atoms with Crippen LogP contribution in [0.2, 0.25) is 0 Å². The minimum atomic E-state index is -0.740. The number of pyridine rings is 1. The zero-order valence-corrected chi connectivity index (χ0v) is 17.1. The van der Waals surface area contributed by atoms with Crippen LogP contribution in [0.1, 0.15) is 38.1 Å². The normalized spacial score (nSPS) is 19.7. The smallest absolute Gasteiger partial charge is 0.328 e. The molecule has 2 aromatic heterocycles. The van der Waals surface area contributed by atoms with Gasteiger partial charge in [0.15, 0.2) is 0 Å². The number of nitrogens with zero attached hydrogens (tertiary/aromatic N) is 4. The maximum Gasteiger partial charge on any atom is 0.328 e. The fourth-order valence-electron chi connectivity index (χ4n) is 4.38. The summed E-state index contributed by atoms with van der Waals surface area (Å²) in [6, 6.07) is 9.23. The van der Waals surface area contributed by atoms with Crippen molar-refractivity contribution in [3.63, 3.8) is 0 Å². The second-order valence-electron chi connectivity index (χ2n) is 8.39. The first kappa shape index (κ1) is 19.6. The Morgan fingerprint density at radius 2 is 1.90 bits per heavy atom. The second kappa shape index (κ2) is 7.99. The number of hydrogen-bond donors (Lipinski definition) is 0. The molecular formula is C22H28N4O3. The molecule has 2 aliphatic heterocycles. The highest BCUT2D eigenvalue weighted by atomic mass is 16.3. The van der Waals surface area contributed by atoms with E-state index in [1.54, 1.807) is 12.5 Å². The number of carbonyl (C=O) groups excluding carboxylic acids is 2. The van der Waals surface area contributed by atoms with Gasteiger partial charge in [-0.05, 0) is 43.0 Å². The number of likely N-dealkylation sites (tertiary alicyclic amines) is 1. The highest BCUT2D eigenvalue weighted by molar-refractivity contribution is 6.07. The third-order valence-corrected chi connectivity index (χ3v) is 5.86. The van der Waals surface area contributed by atoms with Crippen LogP contribution in [0.4, 0.5) is 4.79 Å². The molecule has 2 aliphatic rings. The monoisotopic (exact) mass is 396 g/mol. The Hall–Kier alpha value is -2.67. The van der Waals surface area contributed by atoms with E-state index in [1.165, 1.54) is 4.90 Å². The molecule has 0 saturated carbocycles. The summed E-state index contributed by atoms with van der Waals surface area (Å²) in [5.74, 6) is 1.14. The van der Waals surface area contributed by atoms with Crippen LogP contribution in [-0.2, 0) is 17.9 Å². The van der Waals surface area contributed by atoms with Gasteiger partial charge in [-0.15, -0.1) is 0 Å². The molecular weight excluding hydrogens is 368 g/mol. The molecule has 4 rings (SSSR count). The zero-order chi connectivity index (χ0) is 20.4. The quantitative estimate of drug-likeness (QED) is 0.702. The molecule has 4 heterocycles. The minimum Gasteiger partial charge on any atom is -0.468 e. The zero-order valence-electron chi connectivity index (χ0n) is 17.1. The molecule has 29 heavy (non-hydrogen) atoms. The average molecular weight is 396 g/mol. The van der Waals surface area contributed by atoms with Crippen LogP contribution in [0.5, 0.6) is 0 Å². The van der Waals surface area contributed by atoms with Crippen molar-refractivity contribution in [3.8, 4) is 0 Å². The van der Waals surface area contributed by atoms with Gasteiger partial charge in [0.25, 0.3) is 5.91 Å². The third-order valence-electron chi connectivity index (χ3n) is 5.86. The molecule has 7 nitrogen and oxygen atoms in total. The summed E-state index contributed by atoms with van der Waals surface area (Å²) in [5, 5.41) is 0. The van der Waals surface area contributed by atoms with Crippen molar-refractivity contribution in [2.75, 3.05) is 19.6 Å². The number of amides is 3. The highest BCUT2D eigenvalue weighted by Crippen LogP contribution is 2.38. The Morgan fingerprint density at radius 1 is 1.10 bits per heavy atom. The van der Waals surface area contributed by atoms with Crippen LogP contribution >= 0.6 is 0 Å². The Labute approximate surface area is 171 Å². The average Bonchev–Trinajstić information content (AvgIpc) is 3.29.